The van der Waals surface area contributed by atoms with E-state index in [1.54, 1.807) is 12.3 Å². The fourth-order valence-electron chi connectivity index (χ4n) is 2.83. The van der Waals surface area contributed by atoms with Crippen LogP contribution in [0.5, 0.6) is 5.75 Å². The van der Waals surface area contributed by atoms with Crippen LogP contribution >= 0.6 is 31.9 Å². The Morgan fingerprint density at radius 3 is 2.68 bits per heavy atom. The molecule has 25 heavy (non-hydrogen) atoms. The van der Waals surface area contributed by atoms with E-state index in [0.29, 0.717) is 11.5 Å². The molecule has 0 fully saturated rings. The molecule has 1 heterocycles. The quantitative estimate of drug-likeness (QED) is 0.391. The first-order chi connectivity index (χ1) is 12.0. The monoisotopic (exact) mass is 457 g/mol. The first-order valence-electron chi connectivity index (χ1n) is 7.61. The van der Waals surface area contributed by atoms with Crippen molar-refractivity contribution < 1.29 is 5.11 Å². The molecule has 1 N–H and O–H groups in total. The highest BCUT2D eigenvalue weighted by Crippen LogP contribution is 2.31. The Labute approximate surface area is 161 Å². The number of halogens is 2. The van der Waals surface area contributed by atoms with E-state index in [2.05, 4.69) is 41.8 Å². The van der Waals surface area contributed by atoms with Gasteiger partial charge in [0.2, 0.25) is 5.95 Å². The molecule has 4 nitrogen and oxygen atoms in total. The number of rotatable bonds is 2. The van der Waals surface area contributed by atoms with Gasteiger partial charge in [0, 0.05) is 27.8 Å². The molecule has 0 aliphatic rings. The van der Waals surface area contributed by atoms with E-state index in [0.717, 1.165) is 30.8 Å². The molecule has 3 aromatic carbocycles. The lowest BCUT2D eigenvalue weighted by Crippen LogP contribution is -1.89. The Bertz CT molecular complexity index is 1150. The number of aryl methyl sites for hydroxylation is 1. The minimum Gasteiger partial charge on any atom is -0.507 e. The van der Waals surface area contributed by atoms with E-state index >= 15 is 0 Å². The van der Waals surface area contributed by atoms with Gasteiger partial charge in [-0.2, -0.15) is 0 Å². The first kappa shape index (κ1) is 16.3. The zero-order valence-electron chi connectivity index (χ0n) is 13.2. The molecule has 124 valence electrons. The van der Waals surface area contributed by atoms with Crippen molar-refractivity contribution in [3.63, 3.8) is 0 Å². The summed E-state index contributed by atoms with van der Waals surface area (Å²) >= 11 is 7.01. The fraction of sp³-hybridized carbons (Fsp3) is 0.0526. The highest BCUT2D eigenvalue weighted by Gasteiger charge is 2.10. The third kappa shape index (κ3) is 2.85. The van der Waals surface area contributed by atoms with Gasteiger partial charge in [0.25, 0.3) is 0 Å². The van der Waals surface area contributed by atoms with Gasteiger partial charge in [-0.1, -0.05) is 30.3 Å². The average Bonchev–Trinajstić information content (AvgIpc) is 2.90. The minimum absolute atomic E-state index is 0.201. The highest BCUT2D eigenvalue weighted by molar-refractivity contribution is 9.13. The number of aliphatic imine (C=N–C) groups is 1. The molecule has 0 amide bonds. The van der Waals surface area contributed by atoms with Crippen molar-refractivity contribution in [2.75, 3.05) is 0 Å². The molecule has 4 aromatic rings. The molecule has 0 saturated carbocycles. The molecule has 0 aliphatic heterocycles. The summed E-state index contributed by atoms with van der Waals surface area (Å²) in [7, 11) is 1.92. The molecular formula is C19H13Br2N3O. The zero-order valence-corrected chi connectivity index (χ0v) is 16.4. The van der Waals surface area contributed by atoms with Gasteiger partial charge in [0.15, 0.2) is 0 Å². The number of hydrogen-bond donors (Lipinski definition) is 1. The lowest BCUT2D eigenvalue weighted by Gasteiger charge is -2.04. The summed E-state index contributed by atoms with van der Waals surface area (Å²) < 4.78 is 3.83. The van der Waals surface area contributed by atoms with Gasteiger partial charge in [-0.15, -0.1) is 0 Å². The smallest absolute Gasteiger partial charge is 0.230 e. The van der Waals surface area contributed by atoms with Gasteiger partial charge in [0.1, 0.15) is 5.75 Å². The normalized spacial score (nSPS) is 11.8. The topological polar surface area (TPSA) is 50.4 Å². The summed E-state index contributed by atoms with van der Waals surface area (Å²) in [6.45, 7) is 0. The molecule has 0 saturated heterocycles. The maximum absolute atomic E-state index is 10.2. The van der Waals surface area contributed by atoms with Crippen LogP contribution in [0, 0.1) is 0 Å². The number of phenolic OH excluding ortho intramolecular Hbond substituents is 1. The van der Waals surface area contributed by atoms with E-state index in [9.17, 15) is 5.11 Å². The summed E-state index contributed by atoms with van der Waals surface area (Å²) in [5.41, 5.74) is 2.52. The van der Waals surface area contributed by atoms with Crippen LogP contribution in [0.15, 0.2) is 62.5 Å². The number of imidazole rings is 1. The first-order valence-corrected chi connectivity index (χ1v) is 9.19. The van der Waals surface area contributed by atoms with E-state index in [1.807, 2.05) is 54.1 Å². The van der Waals surface area contributed by atoms with Crippen LogP contribution in [-0.4, -0.2) is 20.9 Å². The van der Waals surface area contributed by atoms with Crippen LogP contribution < -0.4 is 0 Å². The standard InChI is InChI=1S/C19H13Br2N3O/c1-24-17-9-15(21)14(20)8-16(17)23-19(24)22-10-13-12-5-3-2-4-11(12)6-7-18(13)25/h2-10,25H,1H3/b22-10+. The van der Waals surface area contributed by atoms with Crippen LogP contribution in [0.4, 0.5) is 5.95 Å². The third-order valence-electron chi connectivity index (χ3n) is 4.16. The van der Waals surface area contributed by atoms with E-state index < -0.39 is 0 Å². The lowest BCUT2D eigenvalue weighted by atomic mass is 10.0. The Hall–Kier alpha value is -2.18. The Morgan fingerprint density at radius 2 is 1.84 bits per heavy atom. The van der Waals surface area contributed by atoms with Gasteiger partial charge >= 0.3 is 0 Å². The van der Waals surface area contributed by atoms with Crippen LogP contribution in [0.25, 0.3) is 21.8 Å². The second-order valence-electron chi connectivity index (χ2n) is 5.70. The second-order valence-corrected chi connectivity index (χ2v) is 7.41. The van der Waals surface area contributed by atoms with Crippen molar-refractivity contribution in [1.82, 2.24) is 9.55 Å². The summed E-state index contributed by atoms with van der Waals surface area (Å²) in [4.78, 5) is 9.09. The van der Waals surface area contributed by atoms with Crippen LogP contribution in [0.1, 0.15) is 5.56 Å². The minimum atomic E-state index is 0.201. The second kappa shape index (κ2) is 6.28. The van der Waals surface area contributed by atoms with Crippen LogP contribution in [0.3, 0.4) is 0 Å². The van der Waals surface area contributed by atoms with Crippen molar-refractivity contribution in [2.24, 2.45) is 12.0 Å². The van der Waals surface area contributed by atoms with Crippen molar-refractivity contribution in [1.29, 1.82) is 0 Å². The number of hydrogen-bond acceptors (Lipinski definition) is 3. The molecule has 0 atom stereocenters. The molecule has 4 rings (SSSR count). The Kier molecular flexibility index (Phi) is 4.09. The van der Waals surface area contributed by atoms with Crippen molar-refractivity contribution in [2.45, 2.75) is 0 Å². The molecule has 1 aromatic heterocycles. The highest BCUT2D eigenvalue weighted by atomic mass is 79.9. The number of benzene rings is 3. The average molecular weight is 459 g/mol. The molecular weight excluding hydrogens is 446 g/mol. The van der Waals surface area contributed by atoms with Gasteiger partial charge in [-0.05, 0) is 60.8 Å². The predicted molar refractivity (Wildman–Crippen MR) is 109 cm³/mol. The van der Waals surface area contributed by atoms with Crippen molar-refractivity contribution >= 4 is 65.8 Å². The molecule has 0 unspecified atom stereocenters. The Balaban J connectivity index is 1.84. The van der Waals surface area contributed by atoms with Crippen LogP contribution in [0.2, 0.25) is 0 Å². The molecule has 0 bridgehead atoms. The van der Waals surface area contributed by atoms with Gasteiger partial charge < -0.3 is 9.67 Å². The van der Waals surface area contributed by atoms with E-state index in [-0.39, 0.29) is 5.75 Å². The molecule has 0 spiro atoms. The third-order valence-corrected chi connectivity index (χ3v) is 6.00. The number of aromatic hydroxyl groups is 1. The molecule has 0 aliphatic carbocycles. The summed E-state index contributed by atoms with van der Waals surface area (Å²) in [6, 6.07) is 15.4. The van der Waals surface area contributed by atoms with E-state index in [4.69, 9.17) is 0 Å². The van der Waals surface area contributed by atoms with E-state index in [1.165, 1.54) is 0 Å². The maximum Gasteiger partial charge on any atom is 0.230 e. The van der Waals surface area contributed by atoms with Crippen LogP contribution in [-0.2, 0) is 7.05 Å². The maximum atomic E-state index is 10.2. The zero-order chi connectivity index (χ0) is 17.6. The summed E-state index contributed by atoms with van der Waals surface area (Å²) in [5, 5.41) is 12.2. The van der Waals surface area contributed by atoms with Crippen molar-refractivity contribution in [3.05, 3.63) is 63.0 Å². The predicted octanol–water partition coefficient (Wildman–Crippen LogP) is 5.71. The van der Waals surface area contributed by atoms with Gasteiger partial charge in [0.05, 0.1) is 11.0 Å². The molecule has 6 heteroatoms. The fourth-order valence-corrected chi connectivity index (χ4v) is 3.49. The van der Waals surface area contributed by atoms with Gasteiger partial charge in [-0.25, -0.2) is 9.98 Å². The summed E-state index contributed by atoms with van der Waals surface area (Å²) in [6.07, 6.45) is 1.67. The molecule has 0 radical (unpaired) electrons. The SMILES string of the molecule is Cn1c(/N=C/c2c(O)ccc3ccccc23)nc2cc(Br)c(Br)cc21. The lowest BCUT2D eigenvalue weighted by molar-refractivity contribution is 0.475. The number of fused-ring (bicyclic) bond motifs is 2. The Morgan fingerprint density at radius 1 is 1.08 bits per heavy atom. The number of phenols is 1. The number of aromatic nitrogens is 2. The van der Waals surface area contributed by atoms with Crippen molar-refractivity contribution in [3.8, 4) is 5.75 Å². The number of nitrogens with zero attached hydrogens (tertiary/aromatic N) is 3. The summed E-state index contributed by atoms with van der Waals surface area (Å²) in [5.74, 6) is 0.777. The van der Waals surface area contributed by atoms with Gasteiger partial charge in [-0.3, -0.25) is 0 Å². The largest absolute Gasteiger partial charge is 0.507 e.